The van der Waals surface area contributed by atoms with E-state index in [4.69, 9.17) is 0 Å². The summed E-state index contributed by atoms with van der Waals surface area (Å²) in [5, 5.41) is 12.3. The van der Waals surface area contributed by atoms with Gasteiger partial charge in [-0.25, -0.2) is 14.5 Å². The van der Waals surface area contributed by atoms with Gasteiger partial charge in [0.2, 0.25) is 0 Å². The van der Waals surface area contributed by atoms with Crippen molar-refractivity contribution in [3.63, 3.8) is 0 Å². The Morgan fingerprint density at radius 1 is 1.28 bits per heavy atom. The number of aromatic nitrogens is 4. The number of hydrogen-bond donors (Lipinski definition) is 2. The minimum absolute atomic E-state index is 0.0780. The molecule has 25 heavy (non-hydrogen) atoms. The van der Waals surface area contributed by atoms with Crippen LogP contribution in [0.15, 0.2) is 17.1 Å². The van der Waals surface area contributed by atoms with Crippen molar-refractivity contribution < 1.29 is 5.11 Å². The molecule has 0 aliphatic heterocycles. The normalized spacial score (nSPS) is 11.3. The summed E-state index contributed by atoms with van der Waals surface area (Å²) in [6, 6.07) is 2.02. The molecule has 0 amide bonds. The molecule has 3 rings (SSSR count). The second kappa shape index (κ2) is 6.33. The number of aliphatic hydroxyl groups is 1. The summed E-state index contributed by atoms with van der Waals surface area (Å²) < 4.78 is 1.46. The van der Waals surface area contributed by atoms with Crippen LogP contribution in [0.2, 0.25) is 0 Å². The van der Waals surface area contributed by atoms with Gasteiger partial charge in [-0.05, 0) is 32.4 Å². The Morgan fingerprint density at radius 3 is 2.60 bits per heavy atom. The molecule has 3 aromatic heterocycles. The number of aliphatic hydroxyl groups excluding tert-OH is 1. The zero-order valence-electron chi connectivity index (χ0n) is 15.2. The highest BCUT2D eigenvalue weighted by atomic mass is 16.3. The number of rotatable bonds is 4. The highest BCUT2D eigenvalue weighted by Gasteiger charge is 2.19. The van der Waals surface area contributed by atoms with Gasteiger partial charge in [-0.15, -0.1) is 0 Å². The van der Waals surface area contributed by atoms with Crippen molar-refractivity contribution in [2.45, 2.75) is 27.2 Å². The molecule has 7 nitrogen and oxygen atoms in total. The van der Waals surface area contributed by atoms with Gasteiger partial charge in [0.05, 0.1) is 0 Å². The van der Waals surface area contributed by atoms with Gasteiger partial charge in [0.15, 0.2) is 5.65 Å². The molecule has 0 saturated carbocycles. The number of H-pyrrole nitrogens is 1. The van der Waals surface area contributed by atoms with Crippen LogP contribution < -0.4 is 10.5 Å². The lowest BCUT2D eigenvalue weighted by Crippen LogP contribution is -2.22. The first kappa shape index (κ1) is 17.2. The molecule has 0 bridgehead atoms. The minimum Gasteiger partial charge on any atom is -0.396 e. The molecule has 0 spiro atoms. The van der Waals surface area contributed by atoms with Gasteiger partial charge in [-0.3, -0.25) is 9.89 Å². The lowest BCUT2D eigenvalue weighted by atomic mass is 10.0. The molecule has 0 atom stereocenters. The summed E-state index contributed by atoms with van der Waals surface area (Å²) >= 11 is 0. The molecule has 3 heterocycles. The largest absolute Gasteiger partial charge is 0.396 e. The van der Waals surface area contributed by atoms with Gasteiger partial charge in [0, 0.05) is 61.4 Å². The summed E-state index contributed by atoms with van der Waals surface area (Å²) in [5.74, 6) is 0.880. The Bertz CT molecular complexity index is 1000. The third-order valence-electron chi connectivity index (χ3n) is 4.45. The first-order valence-corrected chi connectivity index (χ1v) is 8.21. The average Bonchev–Trinajstić information content (AvgIpc) is 2.87. The monoisotopic (exact) mass is 341 g/mol. The summed E-state index contributed by atoms with van der Waals surface area (Å²) in [6.45, 7) is 5.67. The number of aromatic amines is 1. The maximum atomic E-state index is 12.7. The molecule has 0 radical (unpaired) electrons. The topological polar surface area (TPSA) is 86.5 Å². The van der Waals surface area contributed by atoms with E-state index in [9.17, 15) is 9.90 Å². The standard InChI is InChI=1S/C18H23N5O2/c1-10-8-15(22(4)5)19-9-14(10)16-12(3)21-23-17(16)20-11(2)13(6-7-24)18(23)25/h8-9,21,24H,6-7H2,1-5H3. The van der Waals surface area contributed by atoms with Gasteiger partial charge in [0.25, 0.3) is 5.56 Å². The Kier molecular flexibility index (Phi) is 4.34. The molecule has 132 valence electrons. The predicted octanol–water partition coefficient (Wildman–Crippen LogP) is 1.61. The van der Waals surface area contributed by atoms with E-state index in [1.54, 1.807) is 6.92 Å². The van der Waals surface area contributed by atoms with E-state index in [2.05, 4.69) is 15.1 Å². The van der Waals surface area contributed by atoms with Gasteiger partial charge < -0.3 is 10.0 Å². The molecule has 0 saturated heterocycles. The van der Waals surface area contributed by atoms with Crippen LogP contribution in [0.1, 0.15) is 22.5 Å². The first-order valence-electron chi connectivity index (χ1n) is 8.21. The fraction of sp³-hybridized carbons (Fsp3) is 0.389. The summed E-state index contributed by atoms with van der Waals surface area (Å²) in [6.07, 6.45) is 2.12. The SMILES string of the molecule is Cc1cc(N(C)C)ncc1-c1c(C)[nH]n2c(=O)c(CCO)c(C)nc12. The van der Waals surface area contributed by atoms with Crippen molar-refractivity contribution in [3.05, 3.63) is 45.1 Å². The van der Waals surface area contributed by atoms with Crippen molar-refractivity contribution in [3.8, 4) is 11.1 Å². The van der Waals surface area contributed by atoms with E-state index >= 15 is 0 Å². The van der Waals surface area contributed by atoms with E-state index < -0.39 is 0 Å². The zero-order chi connectivity index (χ0) is 18.3. The maximum Gasteiger partial charge on any atom is 0.276 e. The highest BCUT2D eigenvalue weighted by molar-refractivity contribution is 5.82. The Labute approximate surface area is 146 Å². The second-order valence-corrected chi connectivity index (χ2v) is 6.48. The molecule has 0 aliphatic carbocycles. The van der Waals surface area contributed by atoms with Crippen LogP contribution in [0.5, 0.6) is 0 Å². The molecule has 2 N–H and O–H groups in total. The van der Waals surface area contributed by atoms with E-state index in [1.807, 2.05) is 45.1 Å². The number of hydrogen-bond acceptors (Lipinski definition) is 5. The van der Waals surface area contributed by atoms with E-state index in [0.29, 0.717) is 23.3 Å². The summed E-state index contributed by atoms with van der Waals surface area (Å²) in [7, 11) is 3.90. The summed E-state index contributed by atoms with van der Waals surface area (Å²) in [4.78, 5) is 23.8. The van der Waals surface area contributed by atoms with Crippen molar-refractivity contribution >= 4 is 11.5 Å². The number of nitrogens with zero attached hydrogens (tertiary/aromatic N) is 4. The molecular formula is C18H23N5O2. The minimum atomic E-state index is -0.165. The van der Waals surface area contributed by atoms with E-state index in [1.165, 1.54) is 4.52 Å². The smallest absolute Gasteiger partial charge is 0.276 e. The van der Waals surface area contributed by atoms with Crippen LogP contribution in [-0.4, -0.2) is 45.4 Å². The van der Waals surface area contributed by atoms with Gasteiger partial charge in [-0.1, -0.05) is 0 Å². The number of fused-ring (bicyclic) bond motifs is 1. The number of nitrogens with one attached hydrogen (secondary N) is 1. The fourth-order valence-corrected chi connectivity index (χ4v) is 3.09. The quantitative estimate of drug-likeness (QED) is 0.753. The number of aryl methyl sites for hydroxylation is 3. The maximum absolute atomic E-state index is 12.7. The number of pyridine rings is 1. The Balaban J connectivity index is 2.28. The third-order valence-corrected chi connectivity index (χ3v) is 4.45. The van der Waals surface area contributed by atoms with Crippen LogP contribution in [0.3, 0.4) is 0 Å². The van der Waals surface area contributed by atoms with Crippen LogP contribution in [0.4, 0.5) is 5.82 Å². The van der Waals surface area contributed by atoms with Crippen LogP contribution in [-0.2, 0) is 6.42 Å². The zero-order valence-corrected chi connectivity index (χ0v) is 15.2. The second-order valence-electron chi connectivity index (χ2n) is 6.48. The van der Waals surface area contributed by atoms with E-state index in [-0.39, 0.29) is 12.2 Å². The lowest BCUT2D eigenvalue weighted by Gasteiger charge is -2.13. The lowest BCUT2D eigenvalue weighted by molar-refractivity contribution is 0.298. The van der Waals surface area contributed by atoms with Crippen molar-refractivity contribution in [1.29, 1.82) is 0 Å². The average molecular weight is 341 g/mol. The van der Waals surface area contributed by atoms with Crippen molar-refractivity contribution in [1.82, 2.24) is 19.6 Å². The molecule has 0 aliphatic rings. The molecule has 7 heteroatoms. The molecule has 0 fully saturated rings. The van der Waals surface area contributed by atoms with Gasteiger partial charge in [-0.2, -0.15) is 0 Å². The van der Waals surface area contributed by atoms with Gasteiger partial charge >= 0.3 is 0 Å². The molecular weight excluding hydrogens is 318 g/mol. The molecule has 0 unspecified atom stereocenters. The molecule has 0 aromatic carbocycles. The van der Waals surface area contributed by atoms with E-state index in [0.717, 1.165) is 28.2 Å². The van der Waals surface area contributed by atoms with Crippen molar-refractivity contribution in [2.75, 3.05) is 25.6 Å². The Hall–Kier alpha value is -2.67. The van der Waals surface area contributed by atoms with Gasteiger partial charge in [0.1, 0.15) is 5.82 Å². The van der Waals surface area contributed by atoms with Crippen LogP contribution in [0, 0.1) is 20.8 Å². The first-order chi connectivity index (χ1) is 11.8. The Morgan fingerprint density at radius 2 is 2.00 bits per heavy atom. The van der Waals surface area contributed by atoms with Crippen LogP contribution >= 0.6 is 0 Å². The van der Waals surface area contributed by atoms with Crippen molar-refractivity contribution in [2.24, 2.45) is 0 Å². The highest BCUT2D eigenvalue weighted by Crippen LogP contribution is 2.30. The number of anilines is 1. The molecule has 3 aromatic rings. The predicted molar refractivity (Wildman–Crippen MR) is 98.4 cm³/mol. The van der Waals surface area contributed by atoms with Crippen LogP contribution in [0.25, 0.3) is 16.8 Å². The summed E-state index contributed by atoms with van der Waals surface area (Å²) in [5.41, 5.74) is 5.35. The fourth-order valence-electron chi connectivity index (χ4n) is 3.09. The third kappa shape index (κ3) is 2.80.